The normalized spacial score (nSPS) is 14.7. The Labute approximate surface area is 206 Å². The summed E-state index contributed by atoms with van der Waals surface area (Å²) in [5.41, 5.74) is 0.426. The number of nitriles is 1. The third-order valence-electron chi connectivity index (χ3n) is 4.47. The maximum Gasteiger partial charge on any atom is 0.335 e. The van der Waals surface area contributed by atoms with E-state index < -0.39 is 17.8 Å². The number of carbonyl (C=O) groups is 3. The van der Waals surface area contributed by atoms with Crippen LogP contribution in [0.1, 0.15) is 12.5 Å². The van der Waals surface area contributed by atoms with E-state index >= 15 is 0 Å². The van der Waals surface area contributed by atoms with Crippen LogP contribution in [0.2, 0.25) is 0 Å². The van der Waals surface area contributed by atoms with E-state index in [1.54, 1.807) is 25.1 Å². The van der Waals surface area contributed by atoms with Crippen LogP contribution in [0.5, 0.6) is 17.2 Å². The summed E-state index contributed by atoms with van der Waals surface area (Å²) < 4.78 is 17.0. The van der Waals surface area contributed by atoms with Gasteiger partial charge in [0.05, 0.1) is 23.9 Å². The topological polar surface area (TPSA) is 118 Å². The largest absolute Gasteiger partial charge is 0.497 e. The molecule has 0 atom stereocenters. The summed E-state index contributed by atoms with van der Waals surface area (Å²) in [6.07, 6.45) is 1.34. The fourth-order valence-corrected chi connectivity index (χ4v) is 3.94. The van der Waals surface area contributed by atoms with Crippen molar-refractivity contribution < 1.29 is 28.6 Å². The second kappa shape index (κ2) is 10.5. The van der Waals surface area contributed by atoms with Gasteiger partial charge < -0.3 is 14.2 Å². The van der Waals surface area contributed by atoms with Crippen molar-refractivity contribution in [3.63, 3.8) is 0 Å². The third-order valence-corrected chi connectivity index (χ3v) is 6.61. The van der Waals surface area contributed by atoms with Gasteiger partial charge in [-0.1, -0.05) is 0 Å². The molecular weight excluding hydrogens is 562 g/mol. The zero-order valence-electron chi connectivity index (χ0n) is 17.5. The van der Waals surface area contributed by atoms with Crippen molar-refractivity contribution >= 4 is 61.5 Å². The lowest BCUT2D eigenvalue weighted by Crippen LogP contribution is -2.54. The highest BCUT2D eigenvalue weighted by Crippen LogP contribution is 2.43. The maximum atomic E-state index is 13.1. The molecule has 11 heteroatoms. The third kappa shape index (κ3) is 5.02. The molecule has 170 valence electrons. The molecule has 2 aromatic rings. The molecule has 2 aromatic carbocycles. The molecule has 0 aliphatic carbocycles. The molecule has 1 fully saturated rings. The first kappa shape index (κ1) is 24.3. The van der Waals surface area contributed by atoms with Gasteiger partial charge >= 0.3 is 6.03 Å². The minimum atomic E-state index is -0.859. The number of carbonyl (C=O) groups excluding carboxylic acids is 3. The van der Waals surface area contributed by atoms with Crippen molar-refractivity contribution in [3.05, 3.63) is 50.4 Å². The Balaban J connectivity index is 2.06. The first-order chi connectivity index (χ1) is 15.8. The Hall–Kier alpha value is -3.36. The van der Waals surface area contributed by atoms with E-state index in [1.807, 2.05) is 6.07 Å². The Morgan fingerprint density at radius 1 is 1.12 bits per heavy atom. The molecule has 0 radical (unpaired) electrons. The monoisotopic (exact) mass is 577 g/mol. The van der Waals surface area contributed by atoms with Gasteiger partial charge in [-0.05, 0) is 80.8 Å². The molecule has 1 aliphatic rings. The lowest BCUT2D eigenvalue weighted by atomic mass is 10.1. The molecule has 1 saturated heterocycles. The summed E-state index contributed by atoms with van der Waals surface area (Å²) in [5, 5.41) is 11.0. The smallest absolute Gasteiger partial charge is 0.335 e. The SMILES string of the molecule is CCOc1cc(C=C2C(=O)NC(=O)N(c3ccc(OC)cc3)C2=O)c(Br)c(Br)c1OCC#N. The van der Waals surface area contributed by atoms with Crippen molar-refractivity contribution in [2.24, 2.45) is 0 Å². The number of barbiturate groups is 1. The highest BCUT2D eigenvalue weighted by atomic mass is 79.9. The highest BCUT2D eigenvalue weighted by Gasteiger charge is 2.37. The van der Waals surface area contributed by atoms with Gasteiger partial charge in [0.1, 0.15) is 17.4 Å². The van der Waals surface area contributed by atoms with Gasteiger partial charge in [-0.15, -0.1) is 0 Å². The number of halogens is 2. The van der Waals surface area contributed by atoms with E-state index in [4.69, 9.17) is 19.5 Å². The summed E-state index contributed by atoms with van der Waals surface area (Å²) in [4.78, 5) is 38.9. The molecule has 0 saturated carbocycles. The number of hydrogen-bond acceptors (Lipinski definition) is 7. The van der Waals surface area contributed by atoms with Gasteiger partial charge in [-0.2, -0.15) is 5.26 Å². The molecule has 0 unspecified atom stereocenters. The van der Waals surface area contributed by atoms with Crippen molar-refractivity contribution in [1.82, 2.24) is 5.32 Å². The molecule has 0 bridgehead atoms. The fraction of sp³-hybridized carbons (Fsp3) is 0.182. The van der Waals surface area contributed by atoms with E-state index in [9.17, 15) is 14.4 Å². The van der Waals surface area contributed by atoms with Crippen LogP contribution in [0.15, 0.2) is 44.9 Å². The van der Waals surface area contributed by atoms with Crippen LogP contribution in [0.3, 0.4) is 0 Å². The number of benzene rings is 2. The van der Waals surface area contributed by atoms with Crippen LogP contribution >= 0.6 is 31.9 Å². The van der Waals surface area contributed by atoms with E-state index in [0.29, 0.717) is 38.4 Å². The molecule has 3 rings (SSSR count). The number of hydrogen-bond donors (Lipinski definition) is 1. The fourth-order valence-electron chi connectivity index (χ4n) is 2.99. The number of urea groups is 1. The zero-order valence-corrected chi connectivity index (χ0v) is 20.7. The Bertz CT molecular complexity index is 1190. The number of nitrogens with one attached hydrogen (secondary N) is 1. The van der Waals surface area contributed by atoms with Crippen LogP contribution in [0, 0.1) is 11.3 Å². The van der Waals surface area contributed by atoms with Crippen LogP contribution in [-0.4, -0.2) is 38.2 Å². The predicted molar refractivity (Wildman–Crippen MR) is 126 cm³/mol. The summed E-state index contributed by atoms with van der Waals surface area (Å²) >= 11 is 6.81. The molecule has 1 heterocycles. The van der Waals surface area contributed by atoms with Crippen LogP contribution in [-0.2, 0) is 9.59 Å². The molecule has 33 heavy (non-hydrogen) atoms. The average molecular weight is 579 g/mol. The minimum Gasteiger partial charge on any atom is -0.497 e. The van der Waals surface area contributed by atoms with E-state index in [-0.39, 0.29) is 17.9 Å². The molecule has 1 N–H and O–H groups in total. The van der Waals surface area contributed by atoms with Gasteiger partial charge in [0.15, 0.2) is 18.1 Å². The molecule has 0 aromatic heterocycles. The quantitative estimate of drug-likeness (QED) is 0.386. The second-order valence-corrected chi connectivity index (χ2v) is 8.04. The number of anilines is 1. The van der Waals surface area contributed by atoms with E-state index in [2.05, 4.69) is 37.2 Å². The zero-order chi connectivity index (χ0) is 24.1. The van der Waals surface area contributed by atoms with Gasteiger partial charge in [0.2, 0.25) is 0 Å². The number of nitrogens with zero attached hydrogens (tertiary/aromatic N) is 2. The number of amides is 4. The lowest BCUT2D eigenvalue weighted by Gasteiger charge is -2.26. The van der Waals surface area contributed by atoms with Gasteiger partial charge in [0.25, 0.3) is 11.8 Å². The van der Waals surface area contributed by atoms with Crippen LogP contribution in [0.4, 0.5) is 10.5 Å². The van der Waals surface area contributed by atoms with Crippen molar-refractivity contribution in [2.75, 3.05) is 25.2 Å². The van der Waals surface area contributed by atoms with Crippen LogP contribution in [0.25, 0.3) is 6.08 Å². The van der Waals surface area contributed by atoms with Crippen molar-refractivity contribution in [3.8, 4) is 23.3 Å². The van der Waals surface area contributed by atoms with Gasteiger partial charge in [0, 0.05) is 4.47 Å². The van der Waals surface area contributed by atoms with E-state index in [1.165, 1.54) is 25.3 Å². The summed E-state index contributed by atoms with van der Waals surface area (Å²) in [5.74, 6) is -0.477. The average Bonchev–Trinajstić information content (AvgIpc) is 2.80. The van der Waals surface area contributed by atoms with Gasteiger partial charge in [-0.25, -0.2) is 9.69 Å². The molecule has 0 spiro atoms. The summed E-state index contributed by atoms with van der Waals surface area (Å²) in [7, 11) is 1.50. The summed E-state index contributed by atoms with van der Waals surface area (Å²) in [6.45, 7) is 1.89. The highest BCUT2D eigenvalue weighted by molar-refractivity contribution is 9.13. The molecular formula is C22H17Br2N3O6. The standard InChI is InChI=1S/C22H17Br2N3O6/c1-3-32-16-11-12(17(23)18(24)19(16)33-9-8-25)10-15-20(28)26-22(30)27(21(15)29)13-4-6-14(31-2)7-5-13/h4-7,10-11H,3,9H2,1-2H3,(H,26,28,30). The van der Waals surface area contributed by atoms with Crippen molar-refractivity contribution in [2.45, 2.75) is 6.92 Å². The minimum absolute atomic E-state index is 0.203. The van der Waals surface area contributed by atoms with E-state index in [0.717, 1.165) is 4.90 Å². The maximum absolute atomic E-state index is 13.1. The number of rotatable bonds is 7. The number of ether oxygens (including phenoxy) is 3. The predicted octanol–water partition coefficient (Wildman–Crippen LogP) is 4.19. The van der Waals surface area contributed by atoms with Crippen molar-refractivity contribution in [1.29, 1.82) is 5.26 Å². The molecule has 9 nitrogen and oxygen atoms in total. The number of imide groups is 2. The van der Waals surface area contributed by atoms with Gasteiger partial charge in [-0.3, -0.25) is 14.9 Å². The first-order valence-corrected chi connectivity index (χ1v) is 11.1. The summed E-state index contributed by atoms with van der Waals surface area (Å²) in [6, 6.07) is 8.85. The molecule has 4 amide bonds. The second-order valence-electron chi connectivity index (χ2n) is 6.46. The van der Waals surface area contributed by atoms with Crippen LogP contribution < -0.4 is 24.4 Å². The number of methoxy groups -OCH3 is 1. The molecule has 1 aliphatic heterocycles. The Morgan fingerprint density at radius 3 is 2.42 bits per heavy atom. The Kier molecular flexibility index (Phi) is 7.73. The Morgan fingerprint density at radius 2 is 1.82 bits per heavy atom. The lowest BCUT2D eigenvalue weighted by molar-refractivity contribution is -0.122. The first-order valence-electron chi connectivity index (χ1n) is 9.52.